The first-order valence-electron chi connectivity index (χ1n) is 18.3. The van der Waals surface area contributed by atoms with E-state index in [2.05, 4.69) is 27.6 Å². The van der Waals surface area contributed by atoms with Gasteiger partial charge in [-0.05, 0) is 67.7 Å². The van der Waals surface area contributed by atoms with Crippen molar-refractivity contribution in [1.29, 1.82) is 0 Å². The second-order valence-electron chi connectivity index (χ2n) is 13.4. The van der Waals surface area contributed by atoms with Crippen LogP contribution in [0.1, 0.15) is 31.4 Å². The van der Waals surface area contributed by atoms with Crippen LogP contribution in [0.5, 0.6) is 5.75 Å². The molecule has 0 aliphatic carbocycles. The van der Waals surface area contributed by atoms with Crippen molar-refractivity contribution in [2.75, 3.05) is 39.8 Å². The molecule has 4 N–H and O–H groups in total. The van der Waals surface area contributed by atoms with E-state index in [4.69, 9.17) is 28.2 Å². The fourth-order valence-electron chi connectivity index (χ4n) is 6.32. The van der Waals surface area contributed by atoms with Gasteiger partial charge in [0.1, 0.15) is 17.9 Å². The summed E-state index contributed by atoms with van der Waals surface area (Å²) in [6.45, 7) is 8.17. The van der Waals surface area contributed by atoms with E-state index in [1.165, 1.54) is 12.1 Å². The number of aromatic nitrogens is 1. The summed E-state index contributed by atoms with van der Waals surface area (Å²) in [6, 6.07) is 18.0. The van der Waals surface area contributed by atoms with E-state index in [-0.39, 0.29) is 38.4 Å². The Morgan fingerprint density at radius 2 is 1.79 bits per heavy atom. The second kappa shape index (κ2) is 20.9. The van der Waals surface area contributed by atoms with Crippen molar-refractivity contribution in [3.05, 3.63) is 96.2 Å². The Balaban J connectivity index is 1.35. The molecule has 2 aliphatic heterocycles. The number of methoxy groups -OCH3 is 1. The minimum absolute atomic E-state index is 0.0703. The number of aliphatic hydroxyl groups is 1. The molecule has 5 rings (SSSR count). The van der Waals surface area contributed by atoms with Crippen LogP contribution in [0.15, 0.2) is 85.1 Å². The van der Waals surface area contributed by atoms with Crippen LogP contribution in [0.3, 0.4) is 0 Å². The van der Waals surface area contributed by atoms with E-state index in [9.17, 15) is 24.1 Å². The largest absolute Gasteiger partial charge is 0.484 e. The highest BCUT2D eigenvalue weighted by Crippen LogP contribution is 2.33. The molecule has 2 unspecified atom stereocenters. The molecule has 1 aromatic heterocycles. The lowest BCUT2D eigenvalue weighted by molar-refractivity contribution is -0.128. The predicted octanol–water partition coefficient (Wildman–Crippen LogP) is 4.19. The van der Waals surface area contributed by atoms with Crippen LogP contribution in [0, 0.1) is 5.92 Å². The number of carbonyl (C=O) groups excluding carboxylic acids is 3. The zero-order chi connectivity index (χ0) is 40.0. The number of carbonyl (C=O) groups is 3. The standard InChI is InChI=1S/C39H50N5O11P/c1-5-54-56(49)24-53-29-15-11-26(12-16-29)20-32(41-39(48)55-34-23-52-37-30(34)17-19-51-37)33(45)22-44(43-36(46)35(25(2)3)42-38(47)50-4)21-27-9-13-28(14-10-27)31-8-6-7-18-40-31/h6-16,18,30,32-35,37,45,56H,2,5,17,19-24H2,1,3-4H3,(H,41,48)(H,42,47)(H,43,46)/t30-,32-,33-,34-,35?,37+/m0/s1. The van der Waals surface area contributed by atoms with E-state index in [1.54, 1.807) is 44.3 Å². The number of fused-ring (bicyclic) bond motifs is 1. The minimum Gasteiger partial charge on any atom is -0.484 e. The predicted molar refractivity (Wildman–Crippen MR) is 206 cm³/mol. The summed E-state index contributed by atoms with van der Waals surface area (Å²) in [5, 5.41) is 18.7. The molecule has 2 fully saturated rings. The number of nitrogens with one attached hydrogen (secondary N) is 3. The van der Waals surface area contributed by atoms with Crippen LogP contribution in [-0.2, 0) is 45.8 Å². The number of hydrogen-bond donors (Lipinski definition) is 4. The Morgan fingerprint density at radius 3 is 2.46 bits per heavy atom. The summed E-state index contributed by atoms with van der Waals surface area (Å²) >= 11 is 0. The van der Waals surface area contributed by atoms with Gasteiger partial charge in [0.2, 0.25) is 8.03 Å². The SMILES string of the molecule is C=C(C)C(NC(=O)OC)C(=O)NN(Cc1ccc(-c2ccccn2)cc1)C[C@H](O)[C@H](Cc1ccc(OC[PH](=O)OCC)cc1)NC(=O)O[C@H]1CO[C@H]2OCC[C@H]21. The minimum atomic E-state index is -2.33. The monoisotopic (exact) mass is 795 g/mol. The molecule has 0 radical (unpaired) electrons. The Hall–Kier alpha value is -4.83. The zero-order valence-corrected chi connectivity index (χ0v) is 32.7. The first-order chi connectivity index (χ1) is 27.0. The van der Waals surface area contributed by atoms with Crippen molar-refractivity contribution in [2.24, 2.45) is 5.92 Å². The number of nitrogens with zero attached hydrogens (tertiary/aromatic N) is 2. The summed E-state index contributed by atoms with van der Waals surface area (Å²) < 4.78 is 44.3. The molecule has 3 amide bonds. The molecule has 2 aliphatic rings. The number of ether oxygens (including phenoxy) is 5. The number of amides is 3. The molecule has 7 atom stereocenters. The Morgan fingerprint density at radius 1 is 1.04 bits per heavy atom. The molecule has 17 heteroatoms. The third-order valence-corrected chi connectivity index (χ3v) is 10.2. The first-order valence-corrected chi connectivity index (χ1v) is 19.9. The molecule has 0 spiro atoms. The molecule has 16 nitrogen and oxygen atoms in total. The molecule has 0 saturated carbocycles. The average Bonchev–Trinajstić information content (AvgIpc) is 3.82. The number of alkyl carbamates (subject to hydrolysis) is 2. The maximum atomic E-state index is 13.6. The molecule has 3 aromatic rings. The quantitative estimate of drug-likeness (QED) is 0.0767. The number of hydrazine groups is 1. The van der Waals surface area contributed by atoms with Gasteiger partial charge in [0.15, 0.2) is 12.6 Å². The highest BCUT2D eigenvalue weighted by Gasteiger charge is 2.44. The summed E-state index contributed by atoms with van der Waals surface area (Å²) in [5.74, 6) is -0.243. The van der Waals surface area contributed by atoms with E-state index in [1.807, 2.05) is 42.5 Å². The van der Waals surface area contributed by atoms with Crippen LogP contribution < -0.4 is 20.8 Å². The van der Waals surface area contributed by atoms with Gasteiger partial charge in [-0.1, -0.05) is 49.0 Å². The third kappa shape index (κ3) is 12.3. The van der Waals surface area contributed by atoms with Gasteiger partial charge in [-0.2, -0.15) is 0 Å². The van der Waals surface area contributed by atoms with Crippen LogP contribution >= 0.6 is 8.03 Å². The number of benzene rings is 2. The van der Waals surface area contributed by atoms with Gasteiger partial charge in [-0.25, -0.2) is 14.6 Å². The van der Waals surface area contributed by atoms with Gasteiger partial charge in [-0.15, -0.1) is 0 Å². The number of rotatable bonds is 19. The fraction of sp³-hybridized carbons (Fsp3) is 0.436. The van der Waals surface area contributed by atoms with Gasteiger partial charge in [0, 0.05) is 24.8 Å². The van der Waals surface area contributed by atoms with Crippen molar-refractivity contribution in [3.63, 3.8) is 0 Å². The van der Waals surface area contributed by atoms with Crippen LogP contribution in [0.4, 0.5) is 9.59 Å². The van der Waals surface area contributed by atoms with E-state index in [0.29, 0.717) is 31.0 Å². The lowest BCUT2D eigenvalue weighted by atomic mass is 10.0. The Kier molecular flexibility index (Phi) is 15.8. The summed E-state index contributed by atoms with van der Waals surface area (Å²) in [7, 11) is -1.15. The number of hydrogen-bond acceptors (Lipinski definition) is 13. The van der Waals surface area contributed by atoms with Crippen molar-refractivity contribution in [1.82, 2.24) is 26.1 Å². The Labute approximate surface area is 326 Å². The van der Waals surface area contributed by atoms with Crippen LogP contribution in [-0.4, -0.2) is 104 Å². The molecule has 2 aromatic carbocycles. The van der Waals surface area contributed by atoms with Crippen molar-refractivity contribution >= 4 is 26.1 Å². The van der Waals surface area contributed by atoms with Gasteiger partial charge in [0.25, 0.3) is 5.91 Å². The normalized spacial score (nSPS) is 19.6. The molecule has 302 valence electrons. The lowest BCUT2D eigenvalue weighted by Gasteiger charge is -2.32. The molecule has 3 heterocycles. The number of pyridine rings is 1. The summed E-state index contributed by atoms with van der Waals surface area (Å²) in [5.41, 5.74) is 6.36. The smallest absolute Gasteiger partial charge is 0.407 e. The zero-order valence-electron chi connectivity index (χ0n) is 31.7. The molecular formula is C39H50N5O11P. The topological polar surface area (TPSA) is 196 Å². The van der Waals surface area contributed by atoms with E-state index in [0.717, 1.165) is 22.4 Å². The van der Waals surface area contributed by atoms with Gasteiger partial charge >= 0.3 is 12.2 Å². The van der Waals surface area contributed by atoms with Crippen molar-refractivity contribution in [2.45, 2.75) is 63.8 Å². The van der Waals surface area contributed by atoms with E-state index >= 15 is 0 Å². The average molecular weight is 796 g/mol. The van der Waals surface area contributed by atoms with Crippen LogP contribution in [0.25, 0.3) is 11.3 Å². The van der Waals surface area contributed by atoms with Gasteiger partial charge < -0.3 is 43.9 Å². The Bertz CT molecular complexity index is 1780. The highest BCUT2D eigenvalue weighted by atomic mass is 31.1. The van der Waals surface area contributed by atoms with Gasteiger partial charge in [0.05, 0.1) is 50.7 Å². The first kappa shape index (κ1) is 42.3. The molecule has 56 heavy (non-hydrogen) atoms. The molecule has 0 bridgehead atoms. The summed E-state index contributed by atoms with van der Waals surface area (Å²) in [6.07, 6.45) is -1.31. The molecular weight excluding hydrogens is 745 g/mol. The fourth-order valence-corrected chi connectivity index (χ4v) is 7.01. The highest BCUT2D eigenvalue weighted by molar-refractivity contribution is 7.38. The second-order valence-corrected chi connectivity index (χ2v) is 14.7. The van der Waals surface area contributed by atoms with E-state index < -0.39 is 56.7 Å². The third-order valence-electron chi connectivity index (χ3n) is 9.22. The van der Waals surface area contributed by atoms with Crippen LogP contribution in [0.2, 0.25) is 0 Å². The number of aliphatic hydroxyl groups excluding tert-OH is 1. The van der Waals surface area contributed by atoms with Gasteiger partial charge in [-0.3, -0.25) is 19.8 Å². The molecule has 2 saturated heterocycles. The summed E-state index contributed by atoms with van der Waals surface area (Å²) in [4.78, 5) is 43.5. The maximum Gasteiger partial charge on any atom is 0.407 e. The van der Waals surface area contributed by atoms with Crippen molar-refractivity contribution in [3.8, 4) is 17.0 Å². The van der Waals surface area contributed by atoms with Crippen molar-refractivity contribution < 1.29 is 52.3 Å². The maximum absolute atomic E-state index is 13.6. The lowest BCUT2D eigenvalue weighted by Crippen LogP contribution is -2.56.